The van der Waals surface area contributed by atoms with Crippen LogP contribution in [0.25, 0.3) is 0 Å². The van der Waals surface area contributed by atoms with Crippen molar-refractivity contribution in [1.29, 1.82) is 0 Å². The van der Waals surface area contributed by atoms with Gasteiger partial charge in [0.2, 0.25) is 5.91 Å². The molecule has 1 atom stereocenters. The van der Waals surface area contributed by atoms with Gasteiger partial charge >= 0.3 is 0 Å². The lowest BCUT2D eigenvalue weighted by molar-refractivity contribution is -0.134. The summed E-state index contributed by atoms with van der Waals surface area (Å²) >= 11 is 0. The van der Waals surface area contributed by atoms with Gasteiger partial charge in [0.05, 0.1) is 12.6 Å². The monoisotopic (exact) mass is 268 g/mol. The van der Waals surface area contributed by atoms with Crippen molar-refractivity contribution in [1.82, 2.24) is 10.2 Å². The van der Waals surface area contributed by atoms with E-state index in [0.29, 0.717) is 0 Å². The van der Waals surface area contributed by atoms with Crippen LogP contribution in [0.1, 0.15) is 58.3 Å². The van der Waals surface area contributed by atoms with Gasteiger partial charge < -0.3 is 10.0 Å². The first-order valence-corrected chi connectivity index (χ1v) is 7.84. The van der Waals surface area contributed by atoms with Gasteiger partial charge in [0.15, 0.2) is 0 Å². The number of aliphatic hydroxyl groups is 1. The third kappa shape index (κ3) is 3.69. The standard InChI is InChI=1S/C15H28N2O2/c1-13(14(19)17-10-6-3-7-11-17)16-15(12-18)8-4-2-5-9-15/h13,16,18H,2-12H2,1H3. The zero-order valence-electron chi connectivity index (χ0n) is 12.2. The molecule has 1 aliphatic heterocycles. The molecule has 0 aromatic rings. The van der Waals surface area contributed by atoms with Gasteiger partial charge in [0.25, 0.3) is 0 Å². The highest BCUT2D eigenvalue weighted by molar-refractivity contribution is 5.81. The zero-order chi connectivity index (χ0) is 13.7. The number of carbonyl (C=O) groups is 1. The van der Waals surface area contributed by atoms with Crippen molar-refractivity contribution in [2.75, 3.05) is 19.7 Å². The Balaban J connectivity index is 1.90. The van der Waals surface area contributed by atoms with Crippen molar-refractivity contribution < 1.29 is 9.90 Å². The van der Waals surface area contributed by atoms with Gasteiger partial charge in [-0.3, -0.25) is 10.1 Å². The van der Waals surface area contributed by atoms with Crippen LogP contribution >= 0.6 is 0 Å². The number of hydrogen-bond donors (Lipinski definition) is 2. The summed E-state index contributed by atoms with van der Waals surface area (Å²) in [7, 11) is 0. The SMILES string of the molecule is CC(NC1(CO)CCCCC1)C(=O)N1CCCCC1. The van der Waals surface area contributed by atoms with E-state index in [4.69, 9.17) is 0 Å². The van der Waals surface area contributed by atoms with Gasteiger partial charge in [-0.25, -0.2) is 0 Å². The molecule has 0 aromatic heterocycles. The Morgan fingerprint density at radius 3 is 2.32 bits per heavy atom. The average Bonchev–Trinajstić information content (AvgIpc) is 2.48. The third-order valence-corrected chi connectivity index (χ3v) is 4.67. The fraction of sp³-hybridized carbons (Fsp3) is 0.933. The largest absolute Gasteiger partial charge is 0.394 e. The van der Waals surface area contributed by atoms with Gasteiger partial charge in [-0.1, -0.05) is 19.3 Å². The molecule has 2 N–H and O–H groups in total. The molecule has 0 aromatic carbocycles. The number of aliphatic hydroxyl groups excluding tert-OH is 1. The number of nitrogens with zero attached hydrogens (tertiary/aromatic N) is 1. The highest BCUT2D eigenvalue weighted by Crippen LogP contribution is 2.28. The Labute approximate surface area is 116 Å². The normalized spacial score (nSPS) is 25.1. The predicted molar refractivity (Wildman–Crippen MR) is 75.9 cm³/mol. The molecule has 19 heavy (non-hydrogen) atoms. The molecule has 2 rings (SSSR count). The summed E-state index contributed by atoms with van der Waals surface area (Å²) in [4.78, 5) is 14.4. The van der Waals surface area contributed by atoms with E-state index in [9.17, 15) is 9.90 Å². The number of hydrogen-bond acceptors (Lipinski definition) is 3. The second kappa shape index (κ2) is 6.71. The number of likely N-dealkylation sites (tertiary alicyclic amines) is 1. The summed E-state index contributed by atoms with van der Waals surface area (Å²) in [5.41, 5.74) is -0.219. The Hall–Kier alpha value is -0.610. The maximum atomic E-state index is 12.4. The second-order valence-corrected chi connectivity index (χ2v) is 6.25. The van der Waals surface area contributed by atoms with E-state index in [1.54, 1.807) is 0 Å². The lowest BCUT2D eigenvalue weighted by Crippen LogP contribution is -2.58. The fourth-order valence-corrected chi connectivity index (χ4v) is 3.49. The first kappa shape index (κ1) is 14.8. The number of rotatable bonds is 4. The van der Waals surface area contributed by atoms with E-state index in [-0.39, 0.29) is 24.1 Å². The summed E-state index contributed by atoms with van der Waals surface area (Å²) in [5.74, 6) is 0.207. The molecule has 4 nitrogen and oxygen atoms in total. The van der Waals surface area contributed by atoms with E-state index in [1.165, 1.54) is 12.8 Å². The van der Waals surface area contributed by atoms with Crippen LogP contribution in [0.15, 0.2) is 0 Å². The van der Waals surface area contributed by atoms with Gasteiger partial charge in [-0.15, -0.1) is 0 Å². The summed E-state index contributed by atoms with van der Waals surface area (Å²) in [6.45, 7) is 3.89. The van der Waals surface area contributed by atoms with Crippen LogP contribution in [0, 0.1) is 0 Å². The lowest BCUT2D eigenvalue weighted by atomic mass is 9.81. The molecular formula is C15H28N2O2. The molecule has 0 bridgehead atoms. The topological polar surface area (TPSA) is 52.6 Å². The number of amides is 1. The van der Waals surface area contributed by atoms with Crippen LogP contribution < -0.4 is 5.32 Å². The minimum absolute atomic E-state index is 0.143. The molecule has 2 aliphatic rings. The first-order valence-electron chi connectivity index (χ1n) is 7.84. The van der Waals surface area contributed by atoms with Crippen molar-refractivity contribution in [3.05, 3.63) is 0 Å². The number of carbonyl (C=O) groups excluding carboxylic acids is 1. The maximum Gasteiger partial charge on any atom is 0.239 e. The Morgan fingerprint density at radius 1 is 1.16 bits per heavy atom. The van der Waals surface area contributed by atoms with Crippen LogP contribution in [0.4, 0.5) is 0 Å². The van der Waals surface area contributed by atoms with Gasteiger partial charge in [0, 0.05) is 18.6 Å². The van der Waals surface area contributed by atoms with Gasteiger partial charge in [0.1, 0.15) is 0 Å². The van der Waals surface area contributed by atoms with Gasteiger partial charge in [-0.05, 0) is 39.0 Å². The lowest BCUT2D eigenvalue weighted by Gasteiger charge is -2.40. The molecule has 1 heterocycles. The van der Waals surface area contributed by atoms with Crippen molar-refractivity contribution in [2.24, 2.45) is 0 Å². The first-order chi connectivity index (χ1) is 9.17. The van der Waals surface area contributed by atoms with Crippen LogP contribution in [-0.4, -0.2) is 47.2 Å². The van der Waals surface area contributed by atoms with Crippen LogP contribution in [0.2, 0.25) is 0 Å². The summed E-state index contributed by atoms with van der Waals surface area (Å²) in [6, 6.07) is -0.177. The zero-order valence-corrected chi connectivity index (χ0v) is 12.2. The number of piperidine rings is 1. The van der Waals surface area contributed by atoms with Crippen LogP contribution in [0.5, 0.6) is 0 Å². The predicted octanol–water partition coefficient (Wildman–Crippen LogP) is 1.67. The summed E-state index contributed by atoms with van der Waals surface area (Å²) in [5, 5.41) is 13.1. The Bertz CT molecular complexity index is 295. The quantitative estimate of drug-likeness (QED) is 0.815. The molecule has 2 fully saturated rings. The van der Waals surface area contributed by atoms with E-state index in [2.05, 4.69) is 5.32 Å². The number of nitrogens with one attached hydrogen (secondary N) is 1. The molecule has 1 amide bonds. The molecule has 0 radical (unpaired) electrons. The summed E-state index contributed by atoms with van der Waals surface area (Å²) in [6.07, 6.45) is 9.02. The fourth-order valence-electron chi connectivity index (χ4n) is 3.49. The smallest absolute Gasteiger partial charge is 0.239 e. The molecule has 1 saturated carbocycles. The van der Waals surface area contributed by atoms with Crippen LogP contribution in [-0.2, 0) is 4.79 Å². The highest BCUT2D eigenvalue weighted by Gasteiger charge is 2.35. The second-order valence-electron chi connectivity index (χ2n) is 6.25. The van der Waals surface area contributed by atoms with Crippen molar-refractivity contribution in [3.8, 4) is 0 Å². The van der Waals surface area contributed by atoms with E-state index in [1.807, 2.05) is 11.8 Å². The molecule has 4 heteroatoms. The third-order valence-electron chi connectivity index (χ3n) is 4.67. The average molecular weight is 268 g/mol. The molecule has 110 valence electrons. The molecule has 1 unspecified atom stereocenters. The minimum Gasteiger partial charge on any atom is -0.394 e. The molecular weight excluding hydrogens is 240 g/mol. The van der Waals surface area contributed by atoms with Crippen molar-refractivity contribution >= 4 is 5.91 Å². The van der Waals surface area contributed by atoms with Crippen molar-refractivity contribution in [3.63, 3.8) is 0 Å². The van der Waals surface area contributed by atoms with Crippen molar-refractivity contribution in [2.45, 2.75) is 69.9 Å². The Morgan fingerprint density at radius 2 is 1.74 bits per heavy atom. The molecule has 1 aliphatic carbocycles. The molecule has 1 saturated heterocycles. The van der Waals surface area contributed by atoms with E-state index < -0.39 is 0 Å². The minimum atomic E-state index is -0.219. The maximum absolute atomic E-state index is 12.4. The summed E-state index contributed by atoms with van der Waals surface area (Å²) < 4.78 is 0. The van der Waals surface area contributed by atoms with Crippen LogP contribution in [0.3, 0.4) is 0 Å². The molecule has 0 spiro atoms. The highest BCUT2D eigenvalue weighted by atomic mass is 16.3. The van der Waals surface area contributed by atoms with E-state index in [0.717, 1.165) is 51.6 Å². The van der Waals surface area contributed by atoms with Gasteiger partial charge in [-0.2, -0.15) is 0 Å². The Kier molecular flexibility index (Phi) is 5.22. The van der Waals surface area contributed by atoms with E-state index >= 15 is 0 Å².